The molecule has 0 radical (unpaired) electrons. The number of hydrogen-bond acceptors (Lipinski definition) is 0. The zero-order valence-electron chi connectivity index (χ0n) is 11.1. The molecule has 2 aromatic carbocycles. The van der Waals surface area contributed by atoms with Crippen LogP contribution in [0.2, 0.25) is 0 Å². The molecule has 23 heavy (non-hydrogen) atoms. The van der Waals surface area contributed by atoms with Crippen molar-refractivity contribution in [3.63, 3.8) is 0 Å². The second-order valence-corrected chi connectivity index (χ2v) is 14.2. The van der Waals surface area contributed by atoms with Crippen molar-refractivity contribution >= 4 is 127 Å². The van der Waals surface area contributed by atoms with E-state index in [0.29, 0.717) is 0 Å². The van der Waals surface area contributed by atoms with Gasteiger partial charge in [0.05, 0.1) is 12.9 Å². The Balaban J connectivity index is 2.99. The third-order valence-corrected chi connectivity index (χ3v) is 8.97. The van der Waals surface area contributed by atoms with E-state index in [1.807, 2.05) is 36.4 Å². The van der Waals surface area contributed by atoms with Crippen LogP contribution in [0.25, 0.3) is 0 Å². The van der Waals surface area contributed by atoms with Crippen LogP contribution in [0.5, 0.6) is 0 Å². The average Bonchev–Trinajstić information content (AvgIpc) is 2.44. The molecule has 124 valence electrons. The van der Waals surface area contributed by atoms with Gasteiger partial charge in [-0.05, 0) is 35.4 Å². The van der Waals surface area contributed by atoms with Gasteiger partial charge >= 0.3 is 0 Å². The van der Waals surface area contributed by atoms with E-state index < -0.39 is 5.41 Å². The largest absolute Gasteiger partial charge is 0.0855 e. The standard InChI is InChI=1S/C15H8Br8/c16-7-3-1-4-8(17)11(7)15(13(20)21,14(22)23)12-9(18)5-2-6-10(12)19/h1-6,13-14H. The molecule has 2 rings (SSSR count). The molecule has 0 aliphatic carbocycles. The highest BCUT2D eigenvalue weighted by molar-refractivity contribution is 9.25. The molecule has 0 aliphatic heterocycles. The molecule has 2 aromatic rings. The van der Waals surface area contributed by atoms with Crippen molar-refractivity contribution in [3.8, 4) is 0 Å². The fourth-order valence-corrected chi connectivity index (χ4v) is 10.1. The zero-order chi connectivity index (χ0) is 17.4. The first-order valence-electron chi connectivity index (χ1n) is 6.19. The van der Waals surface area contributed by atoms with Gasteiger partial charge in [0.1, 0.15) is 0 Å². The maximum absolute atomic E-state index is 3.78. The van der Waals surface area contributed by atoms with E-state index in [4.69, 9.17) is 0 Å². The normalized spacial score (nSPS) is 12.3. The highest BCUT2D eigenvalue weighted by Crippen LogP contribution is 2.56. The summed E-state index contributed by atoms with van der Waals surface area (Å²) in [7, 11) is 0. The van der Waals surface area contributed by atoms with Crippen LogP contribution in [-0.2, 0) is 5.41 Å². The van der Waals surface area contributed by atoms with Gasteiger partial charge in [-0.3, -0.25) is 0 Å². The lowest BCUT2D eigenvalue weighted by atomic mass is 9.78. The maximum Gasteiger partial charge on any atom is 0.0855 e. The minimum atomic E-state index is -0.474. The van der Waals surface area contributed by atoms with Gasteiger partial charge < -0.3 is 0 Å². The summed E-state index contributed by atoms with van der Waals surface area (Å²) in [5.41, 5.74) is 1.76. The topological polar surface area (TPSA) is 0 Å². The summed E-state index contributed by atoms with van der Waals surface area (Å²) >= 11 is 30.0. The first-order valence-corrected chi connectivity index (χ1v) is 13.0. The molecule has 8 heteroatoms. The maximum atomic E-state index is 3.78. The van der Waals surface area contributed by atoms with Crippen molar-refractivity contribution in [1.82, 2.24) is 0 Å². The van der Waals surface area contributed by atoms with E-state index in [1.165, 1.54) is 0 Å². The summed E-state index contributed by atoms with van der Waals surface area (Å²) in [6, 6.07) is 12.2. The van der Waals surface area contributed by atoms with Crippen LogP contribution in [0.15, 0.2) is 54.3 Å². The summed E-state index contributed by atoms with van der Waals surface area (Å²) in [6.45, 7) is 0. The van der Waals surface area contributed by atoms with Crippen molar-refractivity contribution in [1.29, 1.82) is 0 Å². The van der Waals surface area contributed by atoms with E-state index in [-0.39, 0.29) is 7.47 Å². The molecule has 0 fully saturated rings. The molecule has 0 amide bonds. The van der Waals surface area contributed by atoms with E-state index in [2.05, 4.69) is 127 Å². The first-order chi connectivity index (χ1) is 10.7. The lowest BCUT2D eigenvalue weighted by Crippen LogP contribution is -2.41. The van der Waals surface area contributed by atoms with Gasteiger partial charge in [-0.25, -0.2) is 0 Å². The average molecular weight is 827 g/mol. The van der Waals surface area contributed by atoms with Crippen LogP contribution in [0.1, 0.15) is 11.1 Å². The van der Waals surface area contributed by atoms with Gasteiger partial charge in [0.15, 0.2) is 0 Å². The number of benzene rings is 2. The summed E-state index contributed by atoms with van der Waals surface area (Å²) in [6.07, 6.45) is 0. The number of halogens is 8. The fraction of sp³-hybridized carbons (Fsp3) is 0.200. The molecule has 0 unspecified atom stereocenters. The summed E-state index contributed by atoms with van der Waals surface area (Å²) < 4.78 is 3.95. The Bertz CT molecular complexity index is 609. The van der Waals surface area contributed by atoms with Gasteiger partial charge in [0.2, 0.25) is 0 Å². The van der Waals surface area contributed by atoms with Crippen molar-refractivity contribution in [2.75, 3.05) is 0 Å². The second kappa shape index (κ2) is 8.98. The SMILES string of the molecule is Brc1cccc(Br)c1C(c1c(Br)cccc1Br)(C(Br)Br)C(Br)Br. The third-order valence-electron chi connectivity index (χ3n) is 3.44. The quantitative estimate of drug-likeness (QED) is 0.270. The van der Waals surface area contributed by atoms with Gasteiger partial charge in [0.25, 0.3) is 0 Å². The Hall–Kier alpha value is 2.28. The molecule has 0 saturated heterocycles. The van der Waals surface area contributed by atoms with Crippen LogP contribution in [0, 0.1) is 0 Å². The monoisotopic (exact) mass is 819 g/mol. The fourth-order valence-electron chi connectivity index (χ4n) is 2.44. The highest BCUT2D eigenvalue weighted by Gasteiger charge is 2.49. The minimum Gasteiger partial charge on any atom is -0.0750 e. The zero-order valence-corrected chi connectivity index (χ0v) is 23.8. The minimum absolute atomic E-state index is 0.0590. The lowest BCUT2D eigenvalue weighted by Gasteiger charge is -2.41. The summed E-state index contributed by atoms with van der Waals surface area (Å²) in [5.74, 6) is 0. The van der Waals surface area contributed by atoms with Crippen molar-refractivity contribution in [2.45, 2.75) is 12.9 Å². The second-order valence-electron chi connectivity index (χ2n) is 4.66. The smallest absolute Gasteiger partial charge is 0.0750 e. The molecule has 0 N–H and O–H groups in total. The van der Waals surface area contributed by atoms with Gasteiger partial charge in [-0.2, -0.15) is 0 Å². The van der Waals surface area contributed by atoms with Crippen LogP contribution >= 0.6 is 127 Å². The Morgan fingerprint density at radius 2 is 0.826 bits per heavy atom. The van der Waals surface area contributed by atoms with Crippen LogP contribution in [0.4, 0.5) is 0 Å². The van der Waals surface area contributed by atoms with Gasteiger partial charge in [-0.15, -0.1) is 0 Å². The molecular formula is C15H8Br8. The third kappa shape index (κ3) is 4.09. The van der Waals surface area contributed by atoms with Crippen LogP contribution < -0.4 is 0 Å². The molecule has 0 nitrogen and oxygen atoms in total. The van der Waals surface area contributed by atoms with E-state index in [0.717, 1.165) is 29.0 Å². The van der Waals surface area contributed by atoms with Crippen molar-refractivity contribution < 1.29 is 0 Å². The first kappa shape index (κ1) is 21.6. The van der Waals surface area contributed by atoms with Gasteiger partial charge in [-0.1, -0.05) is 140 Å². The molecule has 0 spiro atoms. The number of rotatable bonds is 4. The molecule has 0 aromatic heterocycles. The predicted octanol–water partition coefficient (Wildman–Crippen LogP) is 9.25. The Kier molecular flexibility index (Phi) is 8.42. The van der Waals surface area contributed by atoms with E-state index in [1.54, 1.807) is 0 Å². The number of alkyl halides is 4. The molecule has 0 saturated carbocycles. The van der Waals surface area contributed by atoms with Crippen LogP contribution in [0.3, 0.4) is 0 Å². The van der Waals surface area contributed by atoms with E-state index >= 15 is 0 Å². The lowest BCUT2D eigenvalue weighted by molar-refractivity contribution is 0.623. The molecule has 0 aliphatic rings. The summed E-state index contributed by atoms with van der Waals surface area (Å²) in [4.78, 5) is 0. The highest BCUT2D eigenvalue weighted by atomic mass is 79.9. The molecule has 0 bridgehead atoms. The Morgan fingerprint density at radius 3 is 1.04 bits per heavy atom. The Labute approximate surface area is 203 Å². The van der Waals surface area contributed by atoms with Crippen molar-refractivity contribution in [2.24, 2.45) is 0 Å². The molecule has 0 atom stereocenters. The van der Waals surface area contributed by atoms with Crippen LogP contribution in [-0.4, -0.2) is 7.47 Å². The molecule has 0 heterocycles. The predicted molar refractivity (Wildman–Crippen MR) is 128 cm³/mol. The Morgan fingerprint density at radius 1 is 0.565 bits per heavy atom. The van der Waals surface area contributed by atoms with Crippen molar-refractivity contribution in [3.05, 3.63) is 65.4 Å². The van der Waals surface area contributed by atoms with E-state index in [9.17, 15) is 0 Å². The van der Waals surface area contributed by atoms with Gasteiger partial charge in [0, 0.05) is 17.9 Å². The summed E-state index contributed by atoms with van der Waals surface area (Å²) in [5, 5.41) is 0. The molecular weight excluding hydrogens is 819 g/mol. The number of hydrogen-bond donors (Lipinski definition) is 0.